The van der Waals surface area contributed by atoms with E-state index in [0.29, 0.717) is 18.0 Å². The van der Waals surface area contributed by atoms with E-state index in [1.165, 1.54) is 12.1 Å². The molecule has 6 heteroatoms. The molecule has 0 saturated heterocycles. The molecule has 2 rings (SSSR count). The SMILES string of the molecule is CCCNS(=O)(=O)c1ccc2c(c1)OCO2. The number of ether oxygens (including phenoxy) is 2. The van der Waals surface area contributed by atoms with Gasteiger partial charge in [-0.25, -0.2) is 13.1 Å². The van der Waals surface area contributed by atoms with Crippen LogP contribution >= 0.6 is 0 Å². The highest BCUT2D eigenvalue weighted by Crippen LogP contribution is 2.33. The lowest BCUT2D eigenvalue weighted by Crippen LogP contribution is -2.24. The minimum atomic E-state index is -3.43. The van der Waals surface area contributed by atoms with Crippen LogP contribution in [0.25, 0.3) is 0 Å². The largest absolute Gasteiger partial charge is 0.454 e. The van der Waals surface area contributed by atoms with Crippen molar-refractivity contribution >= 4 is 10.0 Å². The fourth-order valence-corrected chi connectivity index (χ4v) is 2.51. The zero-order valence-corrected chi connectivity index (χ0v) is 9.71. The molecule has 1 aromatic carbocycles. The lowest BCUT2D eigenvalue weighted by molar-refractivity contribution is 0.174. The van der Waals surface area contributed by atoms with Crippen LogP contribution in [0, 0.1) is 0 Å². The molecular formula is C10H13NO4S. The van der Waals surface area contributed by atoms with Crippen molar-refractivity contribution in [3.8, 4) is 11.5 Å². The monoisotopic (exact) mass is 243 g/mol. The average molecular weight is 243 g/mol. The first-order chi connectivity index (χ1) is 7.63. The van der Waals surface area contributed by atoms with Crippen molar-refractivity contribution in [2.75, 3.05) is 13.3 Å². The Bertz CT molecular complexity index is 484. The quantitative estimate of drug-likeness (QED) is 0.860. The van der Waals surface area contributed by atoms with Gasteiger partial charge in [0.05, 0.1) is 4.90 Å². The highest BCUT2D eigenvalue weighted by molar-refractivity contribution is 7.89. The second kappa shape index (κ2) is 4.31. The van der Waals surface area contributed by atoms with Gasteiger partial charge < -0.3 is 9.47 Å². The molecule has 16 heavy (non-hydrogen) atoms. The van der Waals surface area contributed by atoms with Crippen molar-refractivity contribution in [2.45, 2.75) is 18.2 Å². The molecular weight excluding hydrogens is 230 g/mol. The van der Waals surface area contributed by atoms with Gasteiger partial charge in [-0.2, -0.15) is 0 Å². The summed E-state index contributed by atoms with van der Waals surface area (Å²) in [5.74, 6) is 1.05. The zero-order valence-electron chi connectivity index (χ0n) is 8.89. The van der Waals surface area contributed by atoms with E-state index in [2.05, 4.69) is 4.72 Å². The first kappa shape index (κ1) is 11.2. The lowest BCUT2D eigenvalue weighted by Gasteiger charge is -2.05. The third-order valence-electron chi connectivity index (χ3n) is 2.20. The Balaban J connectivity index is 2.27. The molecule has 1 aromatic rings. The fraction of sp³-hybridized carbons (Fsp3) is 0.400. The van der Waals surface area contributed by atoms with Crippen molar-refractivity contribution in [1.82, 2.24) is 4.72 Å². The third kappa shape index (κ3) is 2.12. The Hall–Kier alpha value is -1.27. The summed E-state index contributed by atoms with van der Waals surface area (Å²) in [6.07, 6.45) is 0.754. The summed E-state index contributed by atoms with van der Waals surface area (Å²) in [6.45, 7) is 2.47. The molecule has 1 aliphatic heterocycles. The van der Waals surface area contributed by atoms with Crippen LogP contribution in [0.4, 0.5) is 0 Å². The molecule has 88 valence electrons. The number of hydrogen-bond acceptors (Lipinski definition) is 4. The molecule has 1 aliphatic rings. The molecule has 0 radical (unpaired) electrons. The molecule has 0 bridgehead atoms. The smallest absolute Gasteiger partial charge is 0.240 e. The second-order valence-corrected chi connectivity index (χ2v) is 5.18. The Morgan fingerprint density at radius 3 is 2.81 bits per heavy atom. The van der Waals surface area contributed by atoms with Gasteiger partial charge >= 0.3 is 0 Å². The van der Waals surface area contributed by atoms with Gasteiger partial charge in [0.15, 0.2) is 11.5 Å². The molecule has 0 atom stereocenters. The van der Waals surface area contributed by atoms with Crippen LogP contribution in [0.3, 0.4) is 0 Å². The molecule has 0 aliphatic carbocycles. The van der Waals surface area contributed by atoms with E-state index >= 15 is 0 Å². The summed E-state index contributed by atoms with van der Waals surface area (Å²) in [5.41, 5.74) is 0. The summed E-state index contributed by atoms with van der Waals surface area (Å²) in [6, 6.07) is 4.58. The molecule has 0 amide bonds. The first-order valence-electron chi connectivity index (χ1n) is 5.03. The highest BCUT2D eigenvalue weighted by atomic mass is 32.2. The van der Waals surface area contributed by atoms with Crippen LogP contribution in [-0.2, 0) is 10.0 Å². The number of rotatable bonds is 4. The van der Waals surface area contributed by atoms with Crippen molar-refractivity contribution in [3.05, 3.63) is 18.2 Å². The average Bonchev–Trinajstić information content (AvgIpc) is 2.73. The molecule has 1 heterocycles. The van der Waals surface area contributed by atoms with E-state index in [1.807, 2.05) is 6.92 Å². The van der Waals surface area contributed by atoms with Gasteiger partial charge in [-0.3, -0.25) is 0 Å². The molecule has 1 N–H and O–H groups in total. The van der Waals surface area contributed by atoms with Gasteiger partial charge in [0, 0.05) is 12.6 Å². The van der Waals surface area contributed by atoms with Gasteiger partial charge in [-0.15, -0.1) is 0 Å². The zero-order chi connectivity index (χ0) is 11.6. The number of fused-ring (bicyclic) bond motifs is 1. The van der Waals surface area contributed by atoms with Gasteiger partial charge in [-0.05, 0) is 18.6 Å². The topological polar surface area (TPSA) is 64.6 Å². The molecule has 0 spiro atoms. The van der Waals surface area contributed by atoms with E-state index in [1.54, 1.807) is 6.07 Å². The first-order valence-corrected chi connectivity index (χ1v) is 6.51. The minimum absolute atomic E-state index is 0.140. The molecule has 0 fully saturated rings. The standard InChI is InChI=1S/C10H13NO4S/c1-2-5-11-16(12,13)8-3-4-9-10(6-8)15-7-14-9/h3-4,6,11H,2,5,7H2,1H3. The second-order valence-electron chi connectivity index (χ2n) is 3.41. The van der Waals surface area contributed by atoms with Crippen molar-refractivity contribution in [1.29, 1.82) is 0 Å². The summed E-state index contributed by atoms with van der Waals surface area (Å²) in [4.78, 5) is 0.199. The maximum absolute atomic E-state index is 11.8. The van der Waals surface area contributed by atoms with Gasteiger partial charge in [0.2, 0.25) is 16.8 Å². The van der Waals surface area contributed by atoms with Gasteiger partial charge in [0.1, 0.15) is 0 Å². The van der Waals surface area contributed by atoms with Crippen LogP contribution in [-0.4, -0.2) is 21.8 Å². The fourth-order valence-electron chi connectivity index (χ4n) is 1.36. The number of nitrogens with one attached hydrogen (secondary N) is 1. The van der Waals surface area contributed by atoms with E-state index in [9.17, 15) is 8.42 Å². The van der Waals surface area contributed by atoms with Crippen LogP contribution < -0.4 is 14.2 Å². The van der Waals surface area contributed by atoms with Crippen LogP contribution in [0.2, 0.25) is 0 Å². The Morgan fingerprint density at radius 2 is 2.06 bits per heavy atom. The van der Waals surface area contributed by atoms with Crippen molar-refractivity contribution in [2.24, 2.45) is 0 Å². The van der Waals surface area contributed by atoms with Crippen molar-refractivity contribution < 1.29 is 17.9 Å². The number of sulfonamides is 1. The predicted molar refractivity (Wildman–Crippen MR) is 58.0 cm³/mol. The summed E-state index contributed by atoms with van der Waals surface area (Å²) in [7, 11) is -3.43. The van der Waals surface area contributed by atoms with E-state index in [-0.39, 0.29) is 11.7 Å². The summed E-state index contributed by atoms with van der Waals surface area (Å²) in [5, 5.41) is 0. The van der Waals surface area contributed by atoms with Crippen molar-refractivity contribution in [3.63, 3.8) is 0 Å². The van der Waals surface area contributed by atoms with E-state index in [0.717, 1.165) is 6.42 Å². The van der Waals surface area contributed by atoms with Gasteiger partial charge in [-0.1, -0.05) is 6.92 Å². The Kier molecular flexibility index (Phi) is 3.02. The Morgan fingerprint density at radius 1 is 1.31 bits per heavy atom. The third-order valence-corrected chi connectivity index (χ3v) is 3.66. The van der Waals surface area contributed by atoms with Crippen LogP contribution in [0.15, 0.2) is 23.1 Å². The summed E-state index contributed by atoms with van der Waals surface area (Å²) >= 11 is 0. The molecule has 0 aromatic heterocycles. The van der Waals surface area contributed by atoms with Crippen LogP contribution in [0.1, 0.15) is 13.3 Å². The highest BCUT2D eigenvalue weighted by Gasteiger charge is 2.19. The van der Waals surface area contributed by atoms with Gasteiger partial charge in [0.25, 0.3) is 0 Å². The molecule has 0 unspecified atom stereocenters. The molecule has 5 nitrogen and oxygen atoms in total. The minimum Gasteiger partial charge on any atom is -0.454 e. The van der Waals surface area contributed by atoms with Crippen LogP contribution in [0.5, 0.6) is 11.5 Å². The maximum atomic E-state index is 11.8. The Labute approximate surface area is 94.4 Å². The normalized spacial score (nSPS) is 14.1. The summed E-state index contributed by atoms with van der Waals surface area (Å²) < 4.78 is 36.3. The van der Waals surface area contributed by atoms with E-state index in [4.69, 9.17) is 9.47 Å². The number of benzene rings is 1. The number of hydrogen-bond donors (Lipinski definition) is 1. The van der Waals surface area contributed by atoms with E-state index < -0.39 is 10.0 Å². The lowest BCUT2D eigenvalue weighted by atomic mass is 10.3. The molecule has 0 saturated carbocycles. The maximum Gasteiger partial charge on any atom is 0.240 e. The predicted octanol–water partition coefficient (Wildman–Crippen LogP) is 1.10.